The van der Waals surface area contributed by atoms with Gasteiger partial charge in [0.05, 0.1) is 12.5 Å². The summed E-state index contributed by atoms with van der Waals surface area (Å²) in [7, 11) is 0. The highest BCUT2D eigenvalue weighted by molar-refractivity contribution is 5.92. The zero-order chi connectivity index (χ0) is 11.4. The number of aromatic amines is 1. The van der Waals surface area contributed by atoms with E-state index in [1.807, 2.05) is 17.0 Å². The van der Waals surface area contributed by atoms with E-state index in [1.165, 1.54) is 22.2 Å². The first-order valence-corrected chi connectivity index (χ1v) is 6.23. The van der Waals surface area contributed by atoms with Gasteiger partial charge in [-0.05, 0) is 24.5 Å². The Morgan fingerprint density at radius 2 is 2.18 bits per heavy atom. The highest BCUT2D eigenvalue weighted by Gasteiger charge is 2.37. The third-order valence-corrected chi connectivity index (χ3v) is 4.08. The van der Waals surface area contributed by atoms with E-state index in [1.54, 1.807) is 0 Å². The first-order valence-electron chi connectivity index (χ1n) is 6.23. The number of carbonyl (C=O) groups excluding carboxylic acids is 1. The standard InChI is InChI=1S/C14H14N2O/c17-13-8-10-9-4-1-2-5-11(9)15-14(10)12-6-3-7-16(12)13/h1-2,4-5,12,15H,3,6-8H2. The Kier molecular flexibility index (Phi) is 1.71. The number of aromatic nitrogens is 1. The Balaban J connectivity index is 1.99. The van der Waals surface area contributed by atoms with Gasteiger partial charge in [-0.3, -0.25) is 4.79 Å². The molecule has 0 spiro atoms. The zero-order valence-corrected chi connectivity index (χ0v) is 9.57. The average molecular weight is 226 g/mol. The average Bonchev–Trinajstić information content (AvgIpc) is 2.93. The monoisotopic (exact) mass is 226 g/mol. The fourth-order valence-corrected chi connectivity index (χ4v) is 3.31. The van der Waals surface area contributed by atoms with Crippen molar-refractivity contribution in [3.63, 3.8) is 0 Å². The van der Waals surface area contributed by atoms with Crippen molar-refractivity contribution in [3.05, 3.63) is 35.5 Å². The number of amides is 1. The van der Waals surface area contributed by atoms with Crippen LogP contribution in [0.2, 0.25) is 0 Å². The summed E-state index contributed by atoms with van der Waals surface area (Å²) < 4.78 is 0. The molecule has 1 fully saturated rings. The van der Waals surface area contributed by atoms with Gasteiger partial charge >= 0.3 is 0 Å². The number of hydrogen-bond acceptors (Lipinski definition) is 1. The summed E-state index contributed by atoms with van der Waals surface area (Å²) in [5, 5.41) is 1.22. The summed E-state index contributed by atoms with van der Waals surface area (Å²) in [4.78, 5) is 17.6. The Morgan fingerprint density at radius 1 is 1.29 bits per heavy atom. The van der Waals surface area contributed by atoms with E-state index in [4.69, 9.17) is 0 Å². The molecule has 2 aliphatic rings. The first kappa shape index (κ1) is 9.28. The molecular formula is C14H14N2O. The number of nitrogens with one attached hydrogen (secondary N) is 1. The van der Waals surface area contributed by atoms with E-state index >= 15 is 0 Å². The van der Waals surface area contributed by atoms with Gasteiger partial charge in [0, 0.05) is 23.1 Å². The molecule has 0 aliphatic carbocycles. The number of rotatable bonds is 0. The maximum atomic E-state index is 12.1. The van der Waals surface area contributed by atoms with Crippen LogP contribution in [-0.4, -0.2) is 22.3 Å². The quantitative estimate of drug-likeness (QED) is 0.735. The molecule has 1 N–H and O–H groups in total. The van der Waals surface area contributed by atoms with Gasteiger partial charge in [0.2, 0.25) is 5.91 Å². The van der Waals surface area contributed by atoms with E-state index in [0.29, 0.717) is 18.4 Å². The van der Waals surface area contributed by atoms with Gasteiger partial charge in [-0.15, -0.1) is 0 Å². The summed E-state index contributed by atoms with van der Waals surface area (Å²) in [5.41, 5.74) is 3.68. The Hall–Kier alpha value is -1.77. The van der Waals surface area contributed by atoms with Gasteiger partial charge in [-0.1, -0.05) is 18.2 Å². The summed E-state index contributed by atoms with van der Waals surface area (Å²) in [5.74, 6) is 0.296. The van der Waals surface area contributed by atoms with Crippen molar-refractivity contribution >= 4 is 16.8 Å². The van der Waals surface area contributed by atoms with Crippen LogP contribution in [0.3, 0.4) is 0 Å². The number of fused-ring (bicyclic) bond motifs is 5. The molecular weight excluding hydrogens is 212 g/mol. The summed E-state index contributed by atoms with van der Waals surface area (Å²) in [6.45, 7) is 0.929. The van der Waals surface area contributed by atoms with E-state index < -0.39 is 0 Å². The van der Waals surface area contributed by atoms with Gasteiger partial charge in [-0.2, -0.15) is 0 Å². The smallest absolute Gasteiger partial charge is 0.227 e. The topological polar surface area (TPSA) is 36.1 Å². The molecule has 3 heterocycles. The number of H-pyrrole nitrogens is 1. The molecule has 1 saturated heterocycles. The lowest BCUT2D eigenvalue weighted by Crippen LogP contribution is -2.36. The predicted octanol–water partition coefficient (Wildman–Crippen LogP) is 2.39. The Morgan fingerprint density at radius 3 is 3.12 bits per heavy atom. The van der Waals surface area contributed by atoms with Crippen molar-refractivity contribution < 1.29 is 4.79 Å². The molecule has 3 heteroatoms. The fourth-order valence-electron chi connectivity index (χ4n) is 3.31. The number of para-hydroxylation sites is 1. The van der Waals surface area contributed by atoms with E-state index in [0.717, 1.165) is 19.4 Å². The molecule has 4 rings (SSSR count). The lowest BCUT2D eigenvalue weighted by Gasteiger charge is -2.29. The molecule has 1 aromatic carbocycles. The predicted molar refractivity (Wildman–Crippen MR) is 65.7 cm³/mol. The molecule has 17 heavy (non-hydrogen) atoms. The molecule has 1 unspecified atom stereocenters. The molecule has 2 aromatic rings. The largest absolute Gasteiger partial charge is 0.356 e. The van der Waals surface area contributed by atoms with Crippen molar-refractivity contribution in [1.29, 1.82) is 0 Å². The molecule has 0 bridgehead atoms. The third kappa shape index (κ3) is 1.14. The number of carbonyl (C=O) groups is 1. The highest BCUT2D eigenvalue weighted by atomic mass is 16.2. The molecule has 86 valence electrons. The number of nitrogens with zero attached hydrogens (tertiary/aromatic N) is 1. The van der Waals surface area contributed by atoms with Crippen LogP contribution in [0.5, 0.6) is 0 Å². The maximum absolute atomic E-state index is 12.1. The van der Waals surface area contributed by atoms with Crippen molar-refractivity contribution in [2.24, 2.45) is 0 Å². The van der Waals surface area contributed by atoms with Crippen LogP contribution >= 0.6 is 0 Å². The minimum atomic E-state index is 0.296. The first-order chi connectivity index (χ1) is 8.34. The minimum Gasteiger partial charge on any atom is -0.356 e. The molecule has 1 aromatic heterocycles. The van der Waals surface area contributed by atoms with E-state index in [2.05, 4.69) is 17.1 Å². The lowest BCUT2D eigenvalue weighted by atomic mass is 9.97. The third-order valence-electron chi connectivity index (χ3n) is 4.08. The van der Waals surface area contributed by atoms with Crippen LogP contribution in [0.1, 0.15) is 30.1 Å². The number of hydrogen-bond donors (Lipinski definition) is 1. The van der Waals surface area contributed by atoms with Crippen LogP contribution in [-0.2, 0) is 11.2 Å². The minimum absolute atomic E-state index is 0.296. The molecule has 3 nitrogen and oxygen atoms in total. The van der Waals surface area contributed by atoms with Crippen LogP contribution in [0, 0.1) is 0 Å². The summed E-state index contributed by atoms with van der Waals surface area (Å²) in [6.07, 6.45) is 2.80. The van der Waals surface area contributed by atoms with Crippen LogP contribution in [0.4, 0.5) is 0 Å². The fraction of sp³-hybridized carbons (Fsp3) is 0.357. The van der Waals surface area contributed by atoms with Gasteiger partial charge in [0.15, 0.2) is 0 Å². The summed E-state index contributed by atoms with van der Waals surface area (Å²) in [6, 6.07) is 8.60. The Labute approximate surface area is 99.4 Å². The molecule has 1 atom stereocenters. The number of benzene rings is 1. The normalized spacial score (nSPS) is 22.9. The second-order valence-electron chi connectivity index (χ2n) is 4.98. The Bertz CT molecular complexity index is 614. The molecule has 0 radical (unpaired) electrons. The van der Waals surface area contributed by atoms with E-state index in [9.17, 15) is 4.79 Å². The lowest BCUT2D eigenvalue weighted by molar-refractivity contribution is -0.132. The van der Waals surface area contributed by atoms with Crippen molar-refractivity contribution in [3.8, 4) is 0 Å². The zero-order valence-electron chi connectivity index (χ0n) is 9.57. The second kappa shape index (κ2) is 3.13. The van der Waals surface area contributed by atoms with Crippen molar-refractivity contribution in [2.45, 2.75) is 25.3 Å². The van der Waals surface area contributed by atoms with Gasteiger partial charge in [0.1, 0.15) is 0 Å². The highest BCUT2D eigenvalue weighted by Crippen LogP contribution is 2.40. The molecule has 1 amide bonds. The van der Waals surface area contributed by atoms with Crippen LogP contribution in [0.15, 0.2) is 24.3 Å². The van der Waals surface area contributed by atoms with Crippen molar-refractivity contribution in [1.82, 2.24) is 9.88 Å². The van der Waals surface area contributed by atoms with Gasteiger partial charge in [-0.25, -0.2) is 0 Å². The summed E-state index contributed by atoms with van der Waals surface area (Å²) >= 11 is 0. The molecule has 0 saturated carbocycles. The van der Waals surface area contributed by atoms with Gasteiger partial charge in [0.25, 0.3) is 0 Å². The van der Waals surface area contributed by atoms with Crippen molar-refractivity contribution in [2.75, 3.05) is 6.54 Å². The molecule has 2 aliphatic heterocycles. The van der Waals surface area contributed by atoms with E-state index in [-0.39, 0.29) is 0 Å². The second-order valence-corrected chi connectivity index (χ2v) is 4.98. The SMILES string of the molecule is O=C1Cc2c([nH]c3ccccc23)C2CCCN12. The van der Waals surface area contributed by atoms with Gasteiger partial charge < -0.3 is 9.88 Å². The van der Waals surface area contributed by atoms with Crippen LogP contribution in [0.25, 0.3) is 10.9 Å². The van der Waals surface area contributed by atoms with Crippen LogP contribution < -0.4 is 0 Å². The maximum Gasteiger partial charge on any atom is 0.227 e.